The molecule has 0 fully saturated rings. The van der Waals surface area contributed by atoms with Gasteiger partial charge in [-0.2, -0.15) is 0 Å². The van der Waals surface area contributed by atoms with Crippen LogP contribution in [-0.4, -0.2) is 9.55 Å². The monoisotopic (exact) mass is 233 g/mol. The Balaban J connectivity index is 2.14. The molecule has 2 aromatic rings. The van der Waals surface area contributed by atoms with Crippen LogP contribution in [0.1, 0.15) is 18.5 Å². The summed E-state index contributed by atoms with van der Waals surface area (Å²) in [4.78, 5) is 5.45. The second kappa shape index (κ2) is 4.72. The van der Waals surface area contributed by atoms with E-state index in [1.807, 2.05) is 24.7 Å². The number of benzene rings is 1. The van der Waals surface area contributed by atoms with Crippen LogP contribution in [0.3, 0.4) is 0 Å². The van der Waals surface area contributed by atoms with Gasteiger partial charge < -0.3 is 10.3 Å². The topological polar surface area (TPSA) is 43.8 Å². The summed E-state index contributed by atoms with van der Waals surface area (Å²) in [5, 5.41) is 0.994. The summed E-state index contributed by atoms with van der Waals surface area (Å²) in [6.07, 6.45) is 3.75. The summed E-state index contributed by atoms with van der Waals surface area (Å²) in [5.41, 5.74) is 6.96. The van der Waals surface area contributed by atoms with Gasteiger partial charge in [0.2, 0.25) is 0 Å². The molecule has 0 aliphatic rings. The highest BCUT2D eigenvalue weighted by Crippen LogP contribution is 2.26. The highest BCUT2D eigenvalue weighted by atomic mass is 32.2. The Bertz CT molecular complexity index is 459. The van der Waals surface area contributed by atoms with Gasteiger partial charge in [-0.25, -0.2) is 4.98 Å². The Morgan fingerprint density at radius 3 is 2.50 bits per heavy atom. The number of imidazole rings is 1. The SMILES string of the molecule is C[C@@H](N)c1ccc(Sc2nccn2C)cc1. The Morgan fingerprint density at radius 2 is 2.00 bits per heavy atom. The highest BCUT2D eigenvalue weighted by Gasteiger charge is 2.03. The molecule has 1 aromatic carbocycles. The minimum Gasteiger partial charge on any atom is -0.329 e. The van der Waals surface area contributed by atoms with E-state index < -0.39 is 0 Å². The van der Waals surface area contributed by atoms with Gasteiger partial charge in [-0.05, 0) is 24.6 Å². The summed E-state index contributed by atoms with van der Waals surface area (Å²) in [7, 11) is 1.99. The second-order valence-electron chi connectivity index (χ2n) is 3.78. The summed E-state index contributed by atoms with van der Waals surface area (Å²) in [5.74, 6) is 0. The lowest BCUT2D eigenvalue weighted by molar-refractivity contribution is 0.789. The Morgan fingerprint density at radius 1 is 1.31 bits per heavy atom. The summed E-state index contributed by atoms with van der Waals surface area (Å²) < 4.78 is 2.00. The number of nitrogens with zero attached hydrogens (tertiary/aromatic N) is 2. The smallest absolute Gasteiger partial charge is 0.172 e. The van der Waals surface area contributed by atoms with Crippen molar-refractivity contribution in [1.29, 1.82) is 0 Å². The molecule has 0 saturated carbocycles. The van der Waals surface area contributed by atoms with E-state index in [0.29, 0.717) is 0 Å². The van der Waals surface area contributed by atoms with E-state index in [2.05, 4.69) is 29.2 Å². The Labute approximate surface area is 99.7 Å². The van der Waals surface area contributed by atoms with Crippen molar-refractivity contribution < 1.29 is 0 Å². The molecule has 0 radical (unpaired) electrons. The van der Waals surface area contributed by atoms with E-state index in [1.54, 1.807) is 18.0 Å². The van der Waals surface area contributed by atoms with Crippen molar-refractivity contribution in [2.75, 3.05) is 0 Å². The van der Waals surface area contributed by atoms with Crippen LogP contribution >= 0.6 is 11.8 Å². The van der Waals surface area contributed by atoms with Crippen LogP contribution in [-0.2, 0) is 7.05 Å². The van der Waals surface area contributed by atoms with Crippen LogP contribution in [0.15, 0.2) is 46.7 Å². The van der Waals surface area contributed by atoms with Crippen molar-refractivity contribution in [3.05, 3.63) is 42.2 Å². The molecule has 0 amide bonds. The number of nitrogens with two attached hydrogens (primary N) is 1. The molecule has 1 heterocycles. The van der Waals surface area contributed by atoms with E-state index in [4.69, 9.17) is 5.73 Å². The van der Waals surface area contributed by atoms with Gasteiger partial charge in [-0.3, -0.25) is 0 Å². The van der Waals surface area contributed by atoms with Crippen molar-refractivity contribution in [2.45, 2.75) is 23.0 Å². The van der Waals surface area contributed by atoms with Crippen molar-refractivity contribution in [2.24, 2.45) is 12.8 Å². The lowest BCUT2D eigenvalue weighted by Gasteiger charge is -2.06. The molecule has 16 heavy (non-hydrogen) atoms. The van der Waals surface area contributed by atoms with E-state index in [-0.39, 0.29) is 6.04 Å². The third-order valence-corrected chi connectivity index (χ3v) is 3.48. The minimum atomic E-state index is 0.0900. The van der Waals surface area contributed by atoms with E-state index >= 15 is 0 Å². The van der Waals surface area contributed by atoms with Gasteiger partial charge in [0, 0.05) is 30.4 Å². The second-order valence-corrected chi connectivity index (χ2v) is 4.82. The van der Waals surface area contributed by atoms with Gasteiger partial charge >= 0.3 is 0 Å². The van der Waals surface area contributed by atoms with Crippen molar-refractivity contribution in [3.63, 3.8) is 0 Å². The standard InChI is InChI=1S/C12H15N3S/c1-9(13)10-3-5-11(6-4-10)16-12-14-7-8-15(12)2/h3-9H,13H2,1-2H3/t9-/m1/s1. The molecule has 0 spiro atoms. The lowest BCUT2D eigenvalue weighted by Crippen LogP contribution is -2.04. The summed E-state index contributed by atoms with van der Waals surface area (Å²) in [6.45, 7) is 1.99. The maximum absolute atomic E-state index is 5.80. The maximum Gasteiger partial charge on any atom is 0.172 e. The average Bonchev–Trinajstić information content (AvgIpc) is 2.65. The zero-order valence-electron chi connectivity index (χ0n) is 9.42. The van der Waals surface area contributed by atoms with Crippen LogP contribution in [0.4, 0.5) is 0 Å². The first kappa shape index (κ1) is 11.2. The molecule has 4 heteroatoms. The zero-order chi connectivity index (χ0) is 11.5. The van der Waals surface area contributed by atoms with Crippen LogP contribution in [0, 0.1) is 0 Å². The number of hydrogen-bond donors (Lipinski definition) is 1. The fourth-order valence-electron chi connectivity index (χ4n) is 1.40. The van der Waals surface area contributed by atoms with Crippen LogP contribution in [0.2, 0.25) is 0 Å². The van der Waals surface area contributed by atoms with Crippen molar-refractivity contribution in [1.82, 2.24) is 9.55 Å². The first-order chi connectivity index (χ1) is 7.66. The van der Waals surface area contributed by atoms with Gasteiger partial charge in [0.25, 0.3) is 0 Å². The molecule has 0 aliphatic carbocycles. The molecular formula is C12H15N3S. The van der Waals surface area contributed by atoms with Crippen molar-refractivity contribution >= 4 is 11.8 Å². The van der Waals surface area contributed by atoms with Crippen LogP contribution in [0.5, 0.6) is 0 Å². The van der Waals surface area contributed by atoms with Crippen LogP contribution < -0.4 is 5.73 Å². The molecule has 84 valence electrons. The molecule has 0 saturated heterocycles. The molecule has 1 aromatic heterocycles. The van der Waals surface area contributed by atoms with Gasteiger partial charge in [0.1, 0.15) is 0 Å². The predicted octanol–water partition coefficient (Wildman–Crippen LogP) is 2.59. The summed E-state index contributed by atoms with van der Waals surface area (Å²) >= 11 is 1.65. The van der Waals surface area contributed by atoms with Crippen molar-refractivity contribution in [3.8, 4) is 0 Å². The predicted molar refractivity (Wildman–Crippen MR) is 66.4 cm³/mol. The first-order valence-corrected chi connectivity index (χ1v) is 5.99. The quantitative estimate of drug-likeness (QED) is 0.886. The third kappa shape index (κ3) is 2.46. The first-order valence-electron chi connectivity index (χ1n) is 5.17. The van der Waals surface area contributed by atoms with E-state index in [0.717, 1.165) is 10.7 Å². The largest absolute Gasteiger partial charge is 0.329 e. The molecular weight excluding hydrogens is 218 g/mol. The molecule has 2 rings (SSSR count). The molecule has 0 bridgehead atoms. The maximum atomic E-state index is 5.80. The fraction of sp³-hybridized carbons (Fsp3) is 0.250. The van der Waals surface area contributed by atoms with Crippen LogP contribution in [0.25, 0.3) is 0 Å². The molecule has 0 aliphatic heterocycles. The van der Waals surface area contributed by atoms with Gasteiger partial charge in [-0.15, -0.1) is 0 Å². The number of hydrogen-bond acceptors (Lipinski definition) is 3. The normalized spacial score (nSPS) is 12.7. The molecule has 0 unspecified atom stereocenters. The number of aryl methyl sites for hydroxylation is 1. The Hall–Kier alpha value is -1.26. The highest BCUT2D eigenvalue weighted by molar-refractivity contribution is 7.99. The molecule has 2 N–H and O–H groups in total. The van der Waals surface area contributed by atoms with Gasteiger partial charge in [0.15, 0.2) is 5.16 Å². The average molecular weight is 233 g/mol. The number of rotatable bonds is 3. The molecule has 3 nitrogen and oxygen atoms in total. The fourth-order valence-corrected chi connectivity index (χ4v) is 2.20. The summed E-state index contributed by atoms with van der Waals surface area (Å²) in [6, 6.07) is 8.38. The minimum absolute atomic E-state index is 0.0900. The lowest BCUT2D eigenvalue weighted by atomic mass is 10.1. The van der Waals surface area contributed by atoms with Gasteiger partial charge in [-0.1, -0.05) is 23.9 Å². The van der Waals surface area contributed by atoms with Gasteiger partial charge in [0.05, 0.1) is 0 Å². The van der Waals surface area contributed by atoms with E-state index in [9.17, 15) is 0 Å². The number of aromatic nitrogens is 2. The third-order valence-electron chi connectivity index (χ3n) is 2.39. The molecule has 1 atom stereocenters. The zero-order valence-corrected chi connectivity index (χ0v) is 10.2. The van der Waals surface area contributed by atoms with E-state index in [1.165, 1.54) is 4.90 Å². The Kier molecular flexibility index (Phi) is 3.31.